The Hall–Kier alpha value is -0.540. The number of sulfonamides is 1. The maximum Gasteiger partial charge on any atom is 0.250 e. The van der Waals surface area contributed by atoms with E-state index in [9.17, 15) is 8.42 Å². The van der Waals surface area contributed by atoms with E-state index in [0.29, 0.717) is 17.8 Å². The standard InChI is InChI=1S/C11H16N2O3S3/c12-11(17)9-3-4-10(18-9)19(14,15)13-6-5-8-2-1-7-16-8/h3-4,8,13H,1-2,5-7H2,(H2,12,17). The molecule has 8 heteroatoms. The summed E-state index contributed by atoms with van der Waals surface area (Å²) in [5.74, 6) is 0. The Balaban J connectivity index is 1.91. The summed E-state index contributed by atoms with van der Waals surface area (Å²) in [6.45, 7) is 1.16. The lowest BCUT2D eigenvalue weighted by Crippen LogP contribution is -2.26. The van der Waals surface area contributed by atoms with Gasteiger partial charge in [-0.1, -0.05) is 12.2 Å². The molecule has 1 aromatic rings. The van der Waals surface area contributed by atoms with Gasteiger partial charge in [0.2, 0.25) is 10.0 Å². The molecule has 0 amide bonds. The van der Waals surface area contributed by atoms with Crippen LogP contribution in [-0.2, 0) is 14.8 Å². The smallest absolute Gasteiger partial charge is 0.250 e. The fourth-order valence-corrected chi connectivity index (χ4v) is 4.34. The first-order chi connectivity index (χ1) is 8.99. The van der Waals surface area contributed by atoms with Gasteiger partial charge in [0, 0.05) is 13.2 Å². The first-order valence-corrected chi connectivity index (χ1v) is 8.71. The van der Waals surface area contributed by atoms with Gasteiger partial charge in [-0.05, 0) is 31.4 Å². The van der Waals surface area contributed by atoms with Crippen molar-refractivity contribution in [3.8, 4) is 0 Å². The van der Waals surface area contributed by atoms with E-state index in [1.807, 2.05) is 0 Å². The number of hydrogen-bond donors (Lipinski definition) is 2. The van der Waals surface area contributed by atoms with Gasteiger partial charge in [0.1, 0.15) is 9.20 Å². The van der Waals surface area contributed by atoms with Gasteiger partial charge >= 0.3 is 0 Å². The molecule has 1 unspecified atom stereocenters. The Morgan fingerprint density at radius 2 is 2.37 bits per heavy atom. The number of thiocarbonyl (C=S) groups is 1. The molecule has 5 nitrogen and oxygen atoms in total. The van der Waals surface area contributed by atoms with E-state index in [1.165, 1.54) is 6.07 Å². The molecule has 1 aromatic heterocycles. The fourth-order valence-electron chi connectivity index (χ4n) is 1.89. The molecule has 1 saturated heterocycles. The minimum atomic E-state index is -3.47. The highest BCUT2D eigenvalue weighted by atomic mass is 32.2. The van der Waals surface area contributed by atoms with E-state index < -0.39 is 10.0 Å². The first-order valence-electron chi connectivity index (χ1n) is 6.00. The third kappa shape index (κ3) is 3.96. The molecule has 2 heterocycles. The molecule has 106 valence electrons. The van der Waals surface area contributed by atoms with Crippen molar-refractivity contribution in [3.05, 3.63) is 17.0 Å². The first kappa shape index (κ1) is 14.9. The number of nitrogens with two attached hydrogens (primary N) is 1. The number of thiophene rings is 1. The van der Waals surface area contributed by atoms with Crippen LogP contribution in [0, 0.1) is 0 Å². The van der Waals surface area contributed by atoms with E-state index >= 15 is 0 Å². The molecule has 0 radical (unpaired) electrons. The van der Waals surface area contributed by atoms with Crippen LogP contribution >= 0.6 is 23.6 Å². The molecule has 3 N–H and O–H groups in total. The highest BCUT2D eigenvalue weighted by Gasteiger charge is 2.19. The maximum absolute atomic E-state index is 12.0. The maximum atomic E-state index is 12.0. The van der Waals surface area contributed by atoms with Crippen LogP contribution in [0.25, 0.3) is 0 Å². The largest absolute Gasteiger partial charge is 0.389 e. The number of rotatable bonds is 6. The Morgan fingerprint density at radius 1 is 1.58 bits per heavy atom. The molecule has 1 aliphatic heterocycles. The number of ether oxygens (including phenoxy) is 1. The van der Waals surface area contributed by atoms with Crippen molar-refractivity contribution in [2.24, 2.45) is 5.73 Å². The Kier molecular flexibility index (Phi) is 4.91. The average molecular weight is 320 g/mol. The minimum absolute atomic E-state index is 0.179. The Bertz CT molecular complexity index is 547. The lowest BCUT2D eigenvalue weighted by Gasteiger charge is -2.09. The van der Waals surface area contributed by atoms with Crippen LogP contribution in [0.4, 0.5) is 0 Å². The van der Waals surface area contributed by atoms with Crippen LogP contribution in [0.2, 0.25) is 0 Å². The molecule has 0 bridgehead atoms. The zero-order valence-corrected chi connectivity index (χ0v) is 12.7. The van der Waals surface area contributed by atoms with Crippen LogP contribution < -0.4 is 10.5 Å². The second-order valence-electron chi connectivity index (χ2n) is 4.30. The minimum Gasteiger partial charge on any atom is -0.389 e. The van der Waals surface area contributed by atoms with Gasteiger partial charge in [-0.15, -0.1) is 11.3 Å². The molecule has 0 aliphatic carbocycles. The highest BCUT2D eigenvalue weighted by Crippen LogP contribution is 2.21. The molecule has 1 aliphatic rings. The number of nitrogens with one attached hydrogen (secondary N) is 1. The van der Waals surface area contributed by atoms with E-state index in [-0.39, 0.29) is 15.3 Å². The van der Waals surface area contributed by atoms with Crippen molar-refractivity contribution >= 4 is 38.6 Å². The number of hydrogen-bond acceptors (Lipinski definition) is 5. The third-order valence-electron chi connectivity index (χ3n) is 2.87. The third-order valence-corrected chi connectivity index (χ3v) is 6.29. The average Bonchev–Trinajstić information content (AvgIpc) is 2.99. The van der Waals surface area contributed by atoms with E-state index in [1.54, 1.807) is 6.07 Å². The van der Waals surface area contributed by atoms with Crippen LogP contribution in [0.5, 0.6) is 0 Å². The zero-order valence-electron chi connectivity index (χ0n) is 10.3. The van der Waals surface area contributed by atoms with Crippen molar-refractivity contribution in [1.29, 1.82) is 0 Å². The molecule has 2 rings (SSSR count). The van der Waals surface area contributed by atoms with E-state index in [4.69, 9.17) is 22.7 Å². The van der Waals surface area contributed by atoms with Crippen LogP contribution in [0.3, 0.4) is 0 Å². The highest BCUT2D eigenvalue weighted by molar-refractivity contribution is 7.91. The molecule has 1 fully saturated rings. The molecule has 0 saturated carbocycles. The van der Waals surface area contributed by atoms with Crippen LogP contribution in [0.15, 0.2) is 16.3 Å². The zero-order chi connectivity index (χ0) is 13.9. The summed E-state index contributed by atoms with van der Waals surface area (Å²) in [5.41, 5.74) is 5.46. The lowest BCUT2D eigenvalue weighted by molar-refractivity contribution is 0.105. The normalized spacial score (nSPS) is 19.7. The monoisotopic (exact) mass is 320 g/mol. The summed E-state index contributed by atoms with van der Waals surface area (Å²) in [6, 6.07) is 3.15. The second-order valence-corrected chi connectivity index (χ2v) is 7.82. The molecule has 0 aromatic carbocycles. The quantitative estimate of drug-likeness (QED) is 0.771. The van der Waals surface area contributed by atoms with Crippen molar-refractivity contribution in [3.63, 3.8) is 0 Å². The topological polar surface area (TPSA) is 81.4 Å². The summed E-state index contributed by atoms with van der Waals surface area (Å²) in [5, 5.41) is 0. The summed E-state index contributed by atoms with van der Waals surface area (Å²) >= 11 is 5.90. The summed E-state index contributed by atoms with van der Waals surface area (Å²) < 4.78 is 32.3. The van der Waals surface area contributed by atoms with E-state index in [0.717, 1.165) is 30.8 Å². The van der Waals surface area contributed by atoms with Gasteiger partial charge in [0.05, 0.1) is 11.0 Å². The molecule has 0 spiro atoms. The summed E-state index contributed by atoms with van der Waals surface area (Å²) in [6.07, 6.45) is 2.94. The van der Waals surface area contributed by atoms with Crippen LogP contribution in [0.1, 0.15) is 24.1 Å². The van der Waals surface area contributed by atoms with Gasteiger partial charge in [-0.2, -0.15) is 0 Å². The second kappa shape index (κ2) is 6.27. The van der Waals surface area contributed by atoms with Gasteiger partial charge in [0.15, 0.2) is 0 Å². The predicted octanol–water partition coefficient (Wildman–Crippen LogP) is 1.23. The van der Waals surface area contributed by atoms with Crippen molar-refractivity contribution < 1.29 is 13.2 Å². The molecule has 19 heavy (non-hydrogen) atoms. The van der Waals surface area contributed by atoms with Gasteiger partial charge in [0.25, 0.3) is 0 Å². The SMILES string of the molecule is NC(=S)c1ccc(S(=O)(=O)NCCC2CCCO2)s1. The lowest BCUT2D eigenvalue weighted by atomic mass is 10.2. The Labute approximate surface area is 122 Å². The molecule has 1 atom stereocenters. The Morgan fingerprint density at radius 3 is 2.95 bits per heavy atom. The predicted molar refractivity (Wildman–Crippen MR) is 79.0 cm³/mol. The summed E-state index contributed by atoms with van der Waals surface area (Å²) in [7, 11) is -3.47. The van der Waals surface area contributed by atoms with Crippen molar-refractivity contribution in [2.45, 2.75) is 29.6 Å². The van der Waals surface area contributed by atoms with Crippen LogP contribution in [-0.4, -0.2) is 32.7 Å². The van der Waals surface area contributed by atoms with Crippen molar-refractivity contribution in [1.82, 2.24) is 4.72 Å². The van der Waals surface area contributed by atoms with Gasteiger partial charge < -0.3 is 10.5 Å². The summed E-state index contributed by atoms with van der Waals surface area (Å²) in [4.78, 5) is 0.820. The fraction of sp³-hybridized carbons (Fsp3) is 0.545. The van der Waals surface area contributed by atoms with Crippen molar-refractivity contribution in [2.75, 3.05) is 13.2 Å². The van der Waals surface area contributed by atoms with E-state index in [2.05, 4.69) is 4.72 Å². The van der Waals surface area contributed by atoms with Gasteiger partial charge in [-0.3, -0.25) is 0 Å². The van der Waals surface area contributed by atoms with Gasteiger partial charge in [-0.25, -0.2) is 13.1 Å². The molecular weight excluding hydrogens is 304 g/mol. The molecular formula is C11H16N2O3S3.